The van der Waals surface area contributed by atoms with Gasteiger partial charge in [0.15, 0.2) is 0 Å². The number of aliphatic hydroxyl groups excluding tert-OH is 1. The van der Waals surface area contributed by atoms with Gasteiger partial charge in [-0.1, -0.05) is 71.1 Å². The van der Waals surface area contributed by atoms with Crippen molar-refractivity contribution >= 4 is 49.7 Å². The minimum Gasteiger partial charge on any atom is -1.00 e. The molecule has 5 heteroatoms. The van der Waals surface area contributed by atoms with Gasteiger partial charge in [0.1, 0.15) is 6.10 Å². The first-order valence-corrected chi connectivity index (χ1v) is 8.50. The number of esters is 2. The van der Waals surface area contributed by atoms with Crippen LogP contribution in [0.3, 0.4) is 0 Å². The number of carbonyl (C=O) groups excluding carboxylic acids is 2. The number of hydrogen-bond acceptors (Lipinski definition) is 4. The van der Waals surface area contributed by atoms with Gasteiger partial charge in [-0.3, -0.25) is 4.79 Å². The second-order valence-corrected chi connectivity index (χ2v) is 5.75. The van der Waals surface area contributed by atoms with Crippen LogP contribution in [0.4, 0.5) is 0 Å². The average molecular weight is 343 g/mol. The van der Waals surface area contributed by atoms with E-state index in [1.54, 1.807) is 0 Å². The fourth-order valence-electron chi connectivity index (χ4n) is 2.18. The first-order chi connectivity index (χ1) is 10.1. The number of carbonyl (C=O) groups is 2. The maximum Gasteiger partial charge on any atom is 2.00 e. The van der Waals surface area contributed by atoms with E-state index >= 15 is 0 Å². The smallest absolute Gasteiger partial charge is 1.00 e. The molecule has 0 saturated heterocycles. The molecule has 0 bridgehead atoms. The van der Waals surface area contributed by atoms with Crippen LogP contribution in [0.15, 0.2) is 0 Å². The SMILES string of the molecule is CCCCCCCCCCCCCC(=O)OC(=O)C(C)O.[Ca+2].[H-].[H-]. The van der Waals surface area contributed by atoms with Gasteiger partial charge in [-0.2, -0.15) is 0 Å². The summed E-state index contributed by atoms with van der Waals surface area (Å²) in [6.07, 6.45) is 12.4. The topological polar surface area (TPSA) is 63.6 Å². The van der Waals surface area contributed by atoms with Crippen molar-refractivity contribution in [3.05, 3.63) is 0 Å². The van der Waals surface area contributed by atoms with Crippen LogP contribution < -0.4 is 0 Å². The van der Waals surface area contributed by atoms with Crippen LogP contribution in [0.25, 0.3) is 0 Å². The van der Waals surface area contributed by atoms with Gasteiger partial charge in [-0.05, 0) is 13.3 Å². The predicted molar refractivity (Wildman–Crippen MR) is 91.8 cm³/mol. The molecule has 22 heavy (non-hydrogen) atoms. The standard InChI is InChI=1S/C17H32O4.Ca.2H/c1-3-4-5-6-7-8-9-10-11-12-13-14-16(19)21-17(20)15(2)18;;;/h15,18H,3-14H2,1-2H3;;;/q;+2;2*-1. The normalized spacial score (nSPS) is 11.6. The molecular weight excluding hydrogens is 308 g/mol. The monoisotopic (exact) mass is 342 g/mol. The molecule has 0 radical (unpaired) electrons. The van der Waals surface area contributed by atoms with Crippen molar-refractivity contribution < 1.29 is 22.3 Å². The fourth-order valence-corrected chi connectivity index (χ4v) is 2.18. The summed E-state index contributed by atoms with van der Waals surface area (Å²) in [7, 11) is 0. The summed E-state index contributed by atoms with van der Waals surface area (Å²) in [6.45, 7) is 3.52. The van der Waals surface area contributed by atoms with Gasteiger partial charge >= 0.3 is 49.7 Å². The Hall–Kier alpha value is 0.360. The van der Waals surface area contributed by atoms with E-state index in [2.05, 4.69) is 11.7 Å². The number of unbranched alkanes of at least 4 members (excludes halogenated alkanes) is 10. The van der Waals surface area contributed by atoms with Crippen molar-refractivity contribution in [2.45, 2.75) is 97.0 Å². The molecule has 0 fully saturated rings. The zero-order chi connectivity index (χ0) is 15.9. The minimum atomic E-state index is -1.23. The van der Waals surface area contributed by atoms with Crippen molar-refractivity contribution in [2.75, 3.05) is 0 Å². The molecule has 0 aromatic rings. The largest absolute Gasteiger partial charge is 2.00 e. The molecule has 4 nitrogen and oxygen atoms in total. The van der Waals surface area contributed by atoms with Crippen molar-refractivity contribution in [1.82, 2.24) is 0 Å². The molecule has 1 N–H and O–H groups in total. The van der Waals surface area contributed by atoms with Crippen molar-refractivity contribution in [3.8, 4) is 0 Å². The number of hydrogen-bond donors (Lipinski definition) is 1. The van der Waals surface area contributed by atoms with Crippen LogP contribution in [0.5, 0.6) is 0 Å². The van der Waals surface area contributed by atoms with Crippen LogP contribution in [-0.4, -0.2) is 60.9 Å². The second kappa shape index (κ2) is 17.7. The Labute approximate surface area is 168 Å². The van der Waals surface area contributed by atoms with E-state index in [-0.39, 0.29) is 47.0 Å². The molecule has 0 aliphatic rings. The van der Waals surface area contributed by atoms with E-state index < -0.39 is 18.0 Å². The van der Waals surface area contributed by atoms with Crippen LogP contribution in [0.1, 0.15) is 93.8 Å². The van der Waals surface area contributed by atoms with Crippen LogP contribution in [0.2, 0.25) is 0 Å². The number of rotatable bonds is 13. The molecule has 0 saturated carbocycles. The van der Waals surface area contributed by atoms with Gasteiger partial charge in [0.05, 0.1) is 0 Å². The Morgan fingerprint density at radius 3 is 1.73 bits per heavy atom. The molecule has 0 aliphatic heterocycles. The summed E-state index contributed by atoms with van der Waals surface area (Å²) in [5.74, 6) is -1.39. The Morgan fingerprint density at radius 2 is 1.32 bits per heavy atom. The number of ether oxygens (including phenoxy) is 1. The van der Waals surface area contributed by atoms with Gasteiger partial charge < -0.3 is 12.7 Å². The average Bonchev–Trinajstić information content (AvgIpc) is 2.44. The first-order valence-electron chi connectivity index (χ1n) is 8.50. The van der Waals surface area contributed by atoms with E-state index in [0.717, 1.165) is 19.3 Å². The molecule has 0 spiro atoms. The van der Waals surface area contributed by atoms with Gasteiger partial charge in [-0.15, -0.1) is 0 Å². The molecule has 0 amide bonds. The first kappa shape index (κ1) is 24.6. The molecule has 0 heterocycles. The summed E-state index contributed by atoms with van der Waals surface area (Å²) in [4.78, 5) is 22.2. The summed E-state index contributed by atoms with van der Waals surface area (Å²) in [5.41, 5.74) is 0. The predicted octanol–water partition coefficient (Wildman–Crippen LogP) is 3.98. The molecular formula is C17H34CaO4. The van der Waals surface area contributed by atoms with E-state index in [0.29, 0.717) is 0 Å². The molecule has 0 aliphatic carbocycles. The van der Waals surface area contributed by atoms with Gasteiger partial charge in [-0.25, -0.2) is 4.79 Å². The Balaban J connectivity index is -0.000000667. The quantitative estimate of drug-likeness (QED) is 0.238. The zero-order valence-corrected chi connectivity index (χ0v) is 16.7. The molecule has 128 valence electrons. The Morgan fingerprint density at radius 1 is 0.909 bits per heavy atom. The molecule has 0 aromatic heterocycles. The zero-order valence-electron chi connectivity index (χ0n) is 16.4. The third-order valence-electron chi connectivity index (χ3n) is 3.54. The van der Waals surface area contributed by atoms with E-state index in [1.807, 2.05) is 0 Å². The summed E-state index contributed by atoms with van der Waals surface area (Å²) in [5, 5.41) is 8.90. The van der Waals surface area contributed by atoms with Crippen LogP contribution in [0, 0.1) is 0 Å². The van der Waals surface area contributed by atoms with Crippen molar-refractivity contribution in [1.29, 1.82) is 0 Å². The minimum absolute atomic E-state index is 0. The fraction of sp³-hybridized carbons (Fsp3) is 0.882. The Kier molecular flexibility index (Phi) is 19.8. The molecule has 1 unspecified atom stereocenters. The van der Waals surface area contributed by atoms with E-state index in [4.69, 9.17) is 5.11 Å². The molecule has 1 atom stereocenters. The maximum atomic E-state index is 11.3. The third-order valence-corrected chi connectivity index (χ3v) is 3.54. The maximum absolute atomic E-state index is 11.3. The molecule has 0 rings (SSSR count). The van der Waals surface area contributed by atoms with Gasteiger partial charge in [0.2, 0.25) is 0 Å². The van der Waals surface area contributed by atoms with Gasteiger partial charge in [0, 0.05) is 6.42 Å². The van der Waals surface area contributed by atoms with E-state index in [9.17, 15) is 9.59 Å². The van der Waals surface area contributed by atoms with Crippen LogP contribution >= 0.6 is 0 Å². The summed E-state index contributed by atoms with van der Waals surface area (Å²) in [6, 6.07) is 0. The number of aliphatic hydroxyl groups is 1. The second-order valence-electron chi connectivity index (χ2n) is 5.75. The third kappa shape index (κ3) is 16.7. The molecule has 0 aromatic carbocycles. The summed E-state index contributed by atoms with van der Waals surface area (Å²) >= 11 is 0. The Bertz CT molecular complexity index is 290. The summed E-state index contributed by atoms with van der Waals surface area (Å²) < 4.78 is 4.48. The van der Waals surface area contributed by atoms with Crippen molar-refractivity contribution in [2.24, 2.45) is 0 Å². The van der Waals surface area contributed by atoms with Crippen LogP contribution in [-0.2, 0) is 14.3 Å². The van der Waals surface area contributed by atoms with Crippen molar-refractivity contribution in [3.63, 3.8) is 0 Å². The van der Waals surface area contributed by atoms with E-state index in [1.165, 1.54) is 58.3 Å². The van der Waals surface area contributed by atoms with Gasteiger partial charge in [0.25, 0.3) is 0 Å².